The van der Waals surface area contributed by atoms with Crippen LogP contribution in [0.5, 0.6) is 11.5 Å². The number of rotatable bonds is 9. The van der Waals surface area contributed by atoms with E-state index < -0.39 is 11.8 Å². The fourth-order valence-electron chi connectivity index (χ4n) is 2.76. The molecule has 0 saturated heterocycles. The minimum Gasteiger partial charge on any atom is -0.495 e. The number of para-hydroxylation sites is 2. The van der Waals surface area contributed by atoms with Gasteiger partial charge in [-0.2, -0.15) is 5.10 Å². The summed E-state index contributed by atoms with van der Waals surface area (Å²) in [4.78, 5) is 24.1. The van der Waals surface area contributed by atoms with Crippen molar-refractivity contribution in [2.45, 2.75) is 13.0 Å². The standard InChI is InChI=1S/C24H21BrClN3O4/c1-32-22-5-3-2-4-20(22)28-23(30)13-24(31)29-27-14-17-8-11-21(19(25)12-17)33-15-16-6-9-18(26)10-7-16/h2-12,14H,13,15H2,1H3,(H,28,30)(H,29,31). The molecule has 3 aromatic rings. The molecule has 0 unspecified atom stereocenters. The zero-order chi connectivity index (χ0) is 23.6. The largest absolute Gasteiger partial charge is 0.495 e. The van der Waals surface area contributed by atoms with Crippen LogP contribution >= 0.6 is 27.5 Å². The van der Waals surface area contributed by atoms with E-state index in [1.165, 1.54) is 13.3 Å². The number of carbonyl (C=O) groups is 2. The summed E-state index contributed by atoms with van der Waals surface area (Å²) in [7, 11) is 1.50. The second kappa shape index (κ2) is 12.0. The molecule has 0 fully saturated rings. The summed E-state index contributed by atoms with van der Waals surface area (Å²) < 4.78 is 11.7. The number of hydrazone groups is 1. The first-order valence-electron chi connectivity index (χ1n) is 9.86. The lowest BCUT2D eigenvalue weighted by atomic mass is 10.2. The highest BCUT2D eigenvalue weighted by Gasteiger charge is 2.11. The van der Waals surface area contributed by atoms with Crippen molar-refractivity contribution in [2.75, 3.05) is 12.4 Å². The van der Waals surface area contributed by atoms with Crippen molar-refractivity contribution in [2.24, 2.45) is 5.10 Å². The maximum Gasteiger partial charge on any atom is 0.249 e. The minimum atomic E-state index is -0.541. The first kappa shape index (κ1) is 24.3. The number of hydrogen-bond acceptors (Lipinski definition) is 5. The van der Waals surface area contributed by atoms with Gasteiger partial charge in [-0.05, 0) is 69.5 Å². The van der Waals surface area contributed by atoms with Crippen molar-refractivity contribution in [1.29, 1.82) is 0 Å². The third-order valence-corrected chi connectivity index (χ3v) is 5.24. The molecule has 9 heteroatoms. The van der Waals surface area contributed by atoms with E-state index in [1.54, 1.807) is 42.5 Å². The summed E-state index contributed by atoms with van der Waals surface area (Å²) >= 11 is 9.36. The molecule has 0 saturated carbocycles. The molecule has 2 N–H and O–H groups in total. The molecule has 7 nitrogen and oxygen atoms in total. The maximum atomic E-state index is 12.1. The van der Waals surface area contributed by atoms with Crippen molar-refractivity contribution in [1.82, 2.24) is 5.43 Å². The topological polar surface area (TPSA) is 89.0 Å². The summed E-state index contributed by atoms with van der Waals surface area (Å²) in [5.41, 5.74) is 4.56. The van der Waals surface area contributed by atoms with E-state index >= 15 is 0 Å². The van der Waals surface area contributed by atoms with E-state index in [4.69, 9.17) is 21.1 Å². The lowest BCUT2D eigenvalue weighted by Crippen LogP contribution is -2.24. The van der Waals surface area contributed by atoms with Crippen LogP contribution in [0.4, 0.5) is 5.69 Å². The van der Waals surface area contributed by atoms with Crippen LogP contribution in [-0.4, -0.2) is 25.1 Å². The highest BCUT2D eigenvalue weighted by Crippen LogP contribution is 2.26. The van der Waals surface area contributed by atoms with Gasteiger partial charge in [-0.15, -0.1) is 0 Å². The summed E-state index contributed by atoms with van der Waals surface area (Å²) in [5.74, 6) is 0.160. The molecule has 170 valence electrons. The van der Waals surface area contributed by atoms with Crippen LogP contribution in [0.15, 0.2) is 76.3 Å². The zero-order valence-corrected chi connectivity index (χ0v) is 20.0. The summed E-state index contributed by atoms with van der Waals surface area (Å²) in [6.07, 6.45) is 1.10. The Bertz CT molecular complexity index is 1150. The Morgan fingerprint density at radius 1 is 1.03 bits per heavy atom. The molecule has 0 aliphatic carbocycles. The van der Waals surface area contributed by atoms with Crippen molar-refractivity contribution in [3.63, 3.8) is 0 Å². The fourth-order valence-corrected chi connectivity index (χ4v) is 3.40. The Hall–Kier alpha value is -3.36. The molecule has 0 bridgehead atoms. The van der Waals surface area contributed by atoms with Crippen molar-refractivity contribution < 1.29 is 19.1 Å². The SMILES string of the molecule is COc1ccccc1NC(=O)CC(=O)NN=Cc1ccc(OCc2ccc(Cl)cc2)c(Br)c1. The average Bonchev–Trinajstić information content (AvgIpc) is 2.80. The van der Waals surface area contributed by atoms with Crippen molar-refractivity contribution in [3.8, 4) is 11.5 Å². The number of anilines is 1. The third-order valence-electron chi connectivity index (χ3n) is 4.37. The molecule has 2 amide bonds. The monoisotopic (exact) mass is 529 g/mol. The molecule has 0 heterocycles. The van der Waals surface area contributed by atoms with E-state index in [9.17, 15) is 9.59 Å². The smallest absolute Gasteiger partial charge is 0.249 e. The quantitative estimate of drug-likeness (QED) is 0.227. The lowest BCUT2D eigenvalue weighted by Gasteiger charge is -2.09. The van der Waals surface area contributed by atoms with Crippen LogP contribution in [0.25, 0.3) is 0 Å². The number of nitrogens with zero attached hydrogens (tertiary/aromatic N) is 1. The molecule has 3 aromatic carbocycles. The van der Waals surface area contributed by atoms with Gasteiger partial charge in [0.15, 0.2) is 0 Å². The van der Waals surface area contributed by atoms with Gasteiger partial charge in [0, 0.05) is 5.02 Å². The number of nitrogens with one attached hydrogen (secondary N) is 2. The molecule has 0 spiro atoms. The second-order valence-electron chi connectivity index (χ2n) is 6.82. The number of methoxy groups -OCH3 is 1. The fraction of sp³-hybridized carbons (Fsp3) is 0.125. The number of hydrogen-bond donors (Lipinski definition) is 2. The van der Waals surface area contributed by atoms with Crippen LogP contribution in [-0.2, 0) is 16.2 Å². The molecule has 0 radical (unpaired) electrons. The Balaban J connectivity index is 1.48. The number of amides is 2. The Morgan fingerprint density at radius 2 is 1.79 bits per heavy atom. The minimum absolute atomic E-state index is 0.378. The van der Waals surface area contributed by atoms with E-state index in [1.807, 2.05) is 24.3 Å². The van der Waals surface area contributed by atoms with Gasteiger partial charge in [0.05, 0.1) is 23.5 Å². The van der Waals surface area contributed by atoms with Gasteiger partial charge in [0.25, 0.3) is 0 Å². The lowest BCUT2D eigenvalue weighted by molar-refractivity contribution is -0.126. The number of carbonyl (C=O) groups excluding carboxylic acids is 2. The zero-order valence-electron chi connectivity index (χ0n) is 17.7. The first-order valence-corrected chi connectivity index (χ1v) is 11.0. The first-order chi connectivity index (χ1) is 15.9. The van der Waals surface area contributed by atoms with Gasteiger partial charge < -0.3 is 14.8 Å². The normalized spacial score (nSPS) is 10.6. The molecule has 0 aliphatic heterocycles. The predicted octanol–water partition coefficient (Wildman–Crippen LogP) is 5.17. The summed E-state index contributed by atoms with van der Waals surface area (Å²) in [5, 5.41) is 7.22. The van der Waals surface area contributed by atoms with Crippen molar-refractivity contribution in [3.05, 3.63) is 87.4 Å². The molecule has 0 aromatic heterocycles. The van der Waals surface area contributed by atoms with Gasteiger partial charge in [-0.3, -0.25) is 9.59 Å². The number of benzene rings is 3. The molecule has 0 atom stereocenters. The van der Waals surface area contributed by atoms with Crippen LogP contribution in [0, 0.1) is 0 Å². The van der Waals surface area contributed by atoms with Gasteiger partial charge in [0.1, 0.15) is 24.5 Å². The average molecular weight is 531 g/mol. The van der Waals surface area contributed by atoms with E-state index in [2.05, 4.69) is 31.8 Å². The van der Waals surface area contributed by atoms with Crippen molar-refractivity contribution >= 4 is 51.2 Å². The van der Waals surface area contributed by atoms with Gasteiger partial charge in [0.2, 0.25) is 11.8 Å². The highest BCUT2D eigenvalue weighted by atomic mass is 79.9. The summed E-state index contributed by atoms with van der Waals surface area (Å²) in [6, 6.07) is 19.8. The number of ether oxygens (including phenoxy) is 2. The van der Waals surface area contributed by atoms with E-state index in [0.717, 1.165) is 15.6 Å². The van der Waals surface area contributed by atoms with Crippen LogP contribution in [0.3, 0.4) is 0 Å². The maximum absolute atomic E-state index is 12.1. The molecule has 0 aliphatic rings. The Kier molecular flexibility index (Phi) is 8.86. The van der Waals surface area contributed by atoms with Crippen LogP contribution in [0.1, 0.15) is 17.5 Å². The van der Waals surface area contributed by atoms with Gasteiger partial charge in [-0.25, -0.2) is 5.43 Å². The van der Waals surface area contributed by atoms with Gasteiger partial charge >= 0.3 is 0 Å². The Labute approximate surface area is 204 Å². The molecule has 3 rings (SSSR count). The van der Waals surface area contributed by atoms with Crippen LogP contribution in [0.2, 0.25) is 5.02 Å². The highest BCUT2D eigenvalue weighted by molar-refractivity contribution is 9.10. The van der Waals surface area contributed by atoms with Crippen LogP contribution < -0.4 is 20.2 Å². The van der Waals surface area contributed by atoms with E-state index in [0.29, 0.717) is 28.8 Å². The van der Waals surface area contributed by atoms with E-state index in [-0.39, 0.29) is 6.42 Å². The molecule has 33 heavy (non-hydrogen) atoms. The van der Waals surface area contributed by atoms with Gasteiger partial charge in [-0.1, -0.05) is 35.9 Å². The predicted molar refractivity (Wildman–Crippen MR) is 132 cm³/mol. The summed E-state index contributed by atoms with van der Waals surface area (Å²) in [6.45, 7) is 0.399. The second-order valence-corrected chi connectivity index (χ2v) is 8.11. The number of halogens is 2. The molecular weight excluding hydrogens is 510 g/mol. The Morgan fingerprint density at radius 3 is 2.52 bits per heavy atom. The third kappa shape index (κ3) is 7.62. The molecular formula is C24H21BrClN3O4.